The van der Waals surface area contributed by atoms with Crippen molar-refractivity contribution in [1.82, 2.24) is 0 Å². The van der Waals surface area contributed by atoms with E-state index >= 15 is 0 Å². The number of ether oxygens (including phenoxy) is 1. The molecular weight excluding hydrogens is 284 g/mol. The van der Waals surface area contributed by atoms with Crippen LogP contribution in [0.4, 0.5) is 0 Å². The summed E-state index contributed by atoms with van der Waals surface area (Å²) in [5.74, 6) is 0.246. The van der Waals surface area contributed by atoms with E-state index in [2.05, 4.69) is 27.7 Å². The van der Waals surface area contributed by atoms with Gasteiger partial charge in [-0.15, -0.1) is 11.3 Å². The van der Waals surface area contributed by atoms with Gasteiger partial charge in [-0.2, -0.15) is 0 Å². The molecule has 0 amide bonds. The molecule has 0 aliphatic heterocycles. The van der Waals surface area contributed by atoms with Gasteiger partial charge in [-0.3, -0.25) is 0 Å². The zero-order valence-electron chi connectivity index (χ0n) is 13.4. The van der Waals surface area contributed by atoms with Gasteiger partial charge in [0.25, 0.3) is 0 Å². The van der Waals surface area contributed by atoms with E-state index in [1.54, 1.807) is 0 Å². The minimum atomic E-state index is -0.880. The number of carboxylic acids is 1. The van der Waals surface area contributed by atoms with Crippen molar-refractivity contribution in [3.8, 4) is 5.75 Å². The van der Waals surface area contributed by atoms with E-state index in [1.807, 2.05) is 6.07 Å². The molecule has 1 aliphatic carbocycles. The molecule has 0 aromatic carbocycles. The van der Waals surface area contributed by atoms with Crippen LogP contribution in [0.5, 0.6) is 5.75 Å². The predicted molar refractivity (Wildman–Crippen MR) is 86.6 cm³/mol. The topological polar surface area (TPSA) is 46.5 Å². The average molecular weight is 310 g/mol. The second-order valence-electron chi connectivity index (χ2n) is 6.97. The molecule has 0 saturated heterocycles. The molecule has 1 aliphatic rings. The SMILES string of the molecule is CCC1CCCCC1Oc1cc(C(C)(C)C)sc1C(=O)O. The summed E-state index contributed by atoms with van der Waals surface area (Å²) in [4.78, 5) is 12.9. The number of carboxylic acid groups (broad SMARTS) is 1. The van der Waals surface area contributed by atoms with Crippen LogP contribution < -0.4 is 4.74 Å². The summed E-state index contributed by atoms with van der Waals surface area (Å²) in [7, 11) is 0. The molecule has 2 rings (SSSR count). The van der Waals surface area contributed by atoms with Crippen molar-refractivity contribution in [3.63, 3.8) is 0 Å². The smallest absolute Gasteiger partial charge is 0.349 e. The molecule has 3 nitrogen and oxygen atoms in total. The second kappa shape index (κ2) is 6.39. The third-order valence-corrected chi connectivity index (χ3v) is 5.80. The number of aromatic carboxylic acids is 1. The van der Waals surface area contributed by atoms with Crippen molar-refractivity contribution in [2.75, 3.05) is 0 Å². The Morgan fingerprint density at radius 3 is 2.62 bits per heavy atom. The fraction of sp³-hybridized carbons (Fsp3) is 0.706. The number of hydrogen-bond acceptors (Lipinski definition) is 3. The molecule has 1 fully saturated rings. The first-order chi connectivity index (χ1) is 9.82. The van der Waals surface area contributed by atoms with Gasteiger partial charge in [0.15, 0.2) is 4.88 Å². The standard InChI is InChI=1S/C17H26O3S/c1-5-11-8-6-7-9-12(11)20-13-10-14(17(2,3)4)21-15(13)16(18)19/h10-12H,5-9H2,1-4H3,(H,18,19). The van der Waals surface area contributed by atoms with Crippen LogP contribution in [0.3, 0.4) is 0 Å². The molecule has 1 aromatic heterocycles. The number of rotatable bonds is 4. The summed E-state index contributed by atoms with van der Waals surface area (Å²) < 4.78 is 6.16. The summed E-state index contributed by atoms with van der Waals surface area (Å²) in [6, 6.07) is 1.94. The first kappa shape index (κ1) is 16.3. The number of hydrogen-bond donors (Lipinski definition) is 1. The molecule has 1 heterocycles. The highest BCUT2D eigenvalue weighted by Crippen LogP contribution is 2.39. The maximum atomic E-state index is 11.5. The van der Waals surface area contributed by atoms with Gasteiger partial charge >= 0.3 is 5.97 Å². The van der Waals surface area contributed by atoms with Gasteiger partial charge in [-0.25, -0.2) is 4.79 Å². The third kappa shape index (κ3) is 3.79. The lowest BCUT2D eigenvalue weighted by molar-refractivity contribution is 0.0672. The van der Waals surface area contributed by atoms with Crippen LogP contribution in [-0.4, -0.2) is 17.2 Å². The van der Waals surface area contributed by atoms with Crippen LogP contribution in [0.1, 0.15) is 74.3 Å². The molecule has 4 heteroatoms. The van der Waals surface area contributed by atoms with Crippen LogP contribution in [0.25, 0.3) is 0 Å². The van der Waals surface area contributed by atoms with Crippen LogP contribution in [-0.2, 0) is 5.41 Å². The fourth-order valence-corrected chi connectivity index (χ4v) is 3.93. The zero-order valence-corrected chi connectivity index (χ0v) is 14.3. The molecule has 21 heavy (non-hydrogen) atoms. The van der Waals surface area contributed by atoms with Gasteiger partial charge in [0.2, 0.25) is 0 Å². The Morgan fingerprint density at radius 2 is 2.05 bits per heavy atom. The van der Waals surface area contributed by atoms with Crippen molar-refractivity contribution in [2.45, 2.75) is 71.3 Å². The van der Waals surface area contributed by atoms with Crippen molar-refractivity contribution in [1.29, 1.82) is 0 Å². The highest BCUT2D eigenvalue weighted by Gasteiger charge is 2.29. The van der Waals surface area contributed by atoms with Crippen molar-refractivity contribution < 1.29 is 14.6 Å². The first-order valence-electron chi connectivity index (χ1n) is 7.87. The lowest BCUT2D eigenvalue weighted by Crippen LogP contribution is -2.30. The van der Waals surface area contributed by atoms with Crippen molar-refractivity contribution in [2.24, 2.45) is 5.92 Å². The largest absolute Gasteiger partial charge is 0.488 e. The van der Waals surface area contributed by atoms with Gasteiger partial charge in [-0.05, 0) is 43.1 Å². The Balaban J connectivity index is 2.25. The van der Waals surface area contributed by atoms with Crippen molar-refractivity contribution in [3.05, 3.63) is 15.8 Å². The van der Waals surface area contributed by atoms with Gasteiger partial charge < -0.3 is 9.84 Å². The van der Waals surface area contributed by atoms with Gasteiger partial charge in [0, 0.05) is 4.88 Å². The average Bonchev–Trinajstić information content (AvgIpc) is 2.83. The fourth-order valence-electron chi connectivity index (χ4n) is 2.94. The van der Waals surface area contributed by atoms with Crippen LogP contribution >= 0.6 is 11.3 Å². The first-order valence-corrected chi connectivity index (χ1v) is 8.68. The normalized spacial score (nSPS) is 23.0. The maximum Gasteiger partial charge on any atom is 0.349 e. The van der Waals surface area contributed by atoms with Crippen LogP contribution in [0.15, 0.2) is 6.07 Å². The predicted octanol–water partition coefficient (Wildman–Crippen LogP) is 5.09. The molecule has 0 bridgehead atoms. The minimum Gasteiger partial charge on any atom is -0.488 e. The van der Waals surface area contributed by atoms with Crippen LogP contribution in [0.2, 0.25) is 0 Å². The molecule has 0 radical (unpaired) electrons. The van der Waals surface area contributed by atoms with E-state index in [1.165, 1.54) is 30.6 Å². The summed E-state index contributed by atoms with van der Waals surface area (Å²) in [5.41, 5.74) is -0.0484. The molecule has 2 unspecified atom stereocenters. The summed E-state index contributed by atoms with van der Waals surface area (Å²) in [6.45, 7) is 8.50. The number of thiophene rings is 1. The maximum absolute atomic E-state index is 11.5. The zero-order chi connectivity index (χ0) is 15.6. The minimum absolute atomic E-state index is 0.0484. The lowest BCUT2D eigenvalue weighted by atomic mass is 9.85. The van der Waals surface area contributed by atoms with Gasteiger partial charge in [0.1, 0.15) is 11.9 Å². The molecule has 118 valence electrons. The second-order valence-corrected chi connectivity index (χ2v) is 8.02. The third-order valence-electron chi connectivity index (χ3n) is 4.27. The Morgan fingerprint density at radius 1 is 1.38 bits per heavy atom. The summed E-state index contributed by atoms with van der Waals surface area (Å²) in [5, 5.41) is 9.43. The van der Waals surface area contributed by atoms with E-state index in [-0.39, 0.29) is 11.5 Å². The lowest BCUT2D eigenvalue weighted by Gasteiger charge is -2.31. The molecule has 2 atom stereocenters. The quantitative estimate of drug-likeness (QED) is 0.842. The Labute approximate surface area is 131 Å². The molecule has 0 spiro atoms. The van der Waals surface area contributed by atoms with Crippen LogP contribution in [0, 0.1) is 5.92 Å². The summed E-state index contributed by atoms with van der Waals surface area (Å²) in [6.07, 6.45) is 5.95. The Hall–Kier alpha value is -1.03. The molecule has 1 aromatic rings. The van der Waals surface area contributed by atoms with E-state index in [9.17, 15) is 9.90 Å². The van der Waals surface area contributed by atoms with E-state index in [4.69, 9.17) is 4.74 Å². The van der Waals surface area contributed by atoms with Crippen molar-refractivity contribution >= 4 is 17.3 Å². The van der Waals surface area contributed by atoms with E-state index in [0.29, 0.717) is 16.5 Å². The monoisotopic (exact) mass is 310 g/mol. The summed E-state index contributed by atoms with van der Waals surface area (Å²) >= 11 is 1.35. The number of carbonyl (C=O) groups is 1. The van der Waals surface area contributed by atoms with E-state index in [0.717, 1.165) is 17.7 Å². The highest BCUT2D eigenvalue weighted by molar-refractivity contribution is 7.14. The Kier molecular flexibility index (Phi) is 4.97. The van der Waals surface area contributed by atoms with Gasteiger partial charge in [0.05, 0.1) is 0 Å². The van der Waals surface area contributed by atoms with E-state index < -0.39 is 5.97 Å². The molecular formula is C17H26O3S. The van der Waals surface area contributed by atoms with Gasteiger partial charge in [-0.1, -0.05) is 34.1 Å². The Bertz CT molecular complexity index is 499. The molecule has 1 saturated carbocycles. The molecule has 1 N–H and O–H groups in total. The highest BCUT2D eigenvalue weighted by atomic mass is 32.1.